The maximum atomic E-state index is 12.4. The van der Waals surface area contributed by atoms with E-state index in [1.54, 1.807) is 30.5 Å². The Kier molecular flexibility index (Phi) is 5.66. The molecule has 0 spiro atoms. The van der Waals surface area contributed by atoms with Crippen LogP contribution >= 0.6 is 0 Å². The van der Waals surface area contributed by atoms with Crippen molar-refractivity contribution in [2.24, 2.45) is 0 Å². The summed E-state index contributed by atoms with van der Waals surface area (Å²) in [6, 6.07) is 18.2. The van der Waals surface area contributed by atoms with Crippen molar-refractivity contribution in [3.63, 3.8) is 0 Å². The van der Waals surface area contributed by atoms with E-state index in [-0.39, 0.29) is 11.6 Å². The van der Waals surface area contributed by atoms with Gasteiger partial charge in [-0.15, -0.1) is 0 Å². The van der Waals surface area contributed by atoms with Gasteiger partial charge in [0, 0.05) is 34.6 Å². The van der Waals surface area contributed by atoms with Crippen molar-refractivity contribution < 1.29 is 19.1 Å². The van der Waals surface area contributed by atoms with E-state index < -0.39 is 5.97 Å². The molecule has 0 unspecified atom stereocenters. The lowest BCUT2D eigenvalue weighted by Crippen LogP contribution is -2.11. The first kappa shape index (κ1) is 20.2. The van der Waals surface area contributed by atoms with Gasteiger partial charge in [0.1, 0.15) is 18.2 Å². The van der Waals surface area contributed by atoms with Gasteiger partial charge in [-0.05, 0) is 42.8 Å². The number of ether oxygens (including phenoxy) is 2. The number of pyridine rings is 1. The monoisotopic (exact) mass is 415 g/mol. The largest absolute Gasteiger partial charge is 0.488 e. The molecule has 156 valence electrons. The Bertz CT molecular complexity index is 1200. The number of esters is 1. The van der Waals surface area contributed by atoms with Gasteiger partial charge in [0.05, 0.1) is 7.11 Å². The Morgan fingerprint density at radius 2 is 1.87 bits per heavy atom. The molecule has 7 heteroatoms. The SMILES string of the molecule is COC(=O)c1cc2cc(COc3cc(NC(=O)c4ccccc4)ccc3C)c[nH]c-2n1. The number of hydrogen-bond donors (Lipinski definition) is 2. The van der Waals surface area contributed by atoms with Gasteiger partial charge in [0.25, 0.3) is 5.91 Å². The van der Waals surface area contributed by atoms with Crippen LogP contribution in [0.3, 0.4) is 0 Å². The molecule has 2 N–H and O–H groups in total. The topological polar surface area (TPSA) is 93.3 Å². The molecule has 0 fully saturated rings. The summed E-state index contributed by atoms with van der Waals surface area (Å²) in [5, 5.41) is 2.89. The number of hydrogen-bond acceptors (Lipinski definition) is 5. The van der Waals surface area contributed by atoms with E-state index >= 15 is 0 Å². The van der Waals surface area contributed by atoms with Crippen molar-refractivity contribution in [1.29, 1.82) is 0 Å². The van der Waals surface area contributed by atoms with Gasteiger partial charge in [-0.25, -0.2) is 9.78 Å². The van der Waals surface area contributed by atoms with Crippen LogP contribution in [0, 0.1) is 6.92 Å². The lowest BCUT2D eigenvalue weighted by molar-refractivity contribution is 0.0595. The van der Waals surface area contributed by atoms with Gasteiger partial charge in [0.15, 0.2) is 5.69 Å². The summed E-state index contributed by atoms with van der Waals surface area (Å²) in [5.74, 6) is 0.612. The Hall–Kier alpha value is -4.13. The highest BCUT2D eigenvalue weighted by Crippen LogP contribution is 2.26. The molecule has 7 nitrogen and oxygen atoms in total. The molecule has 0 radical (unpaired) electrons. The van der Waals surface area contributed by atoms with Crippen LogP contribution in [0.4, 0.5) is 5.69 Å². The number of nitrogens with zero attached hydrogens (tertiary/aromatic N) is 1. The van der Waals surface area contributed by atoms with E-state index in [0.717, 1.165) is 16.7 Å². The summed E-state index contributed by atoms with van der Waals surface area (Å²) in [7, 11) is 1.32. The highest BCUT2D eigenvalue weighted by Gasteiger charge is 2.16. The summed E-state index contributed by atoms with van der Waals surface area (Å²) >= 11 is 0. The highest BCUT2D eigenvalue weighted by molar-refractivity contribution is 6.04. The van der Waals surface area contributed by atoms with Crippen LogP contribution in [-0.2, 0) is 11.3 Å². The van der Waals surface area contributed by atoms with E-state index in [0.29, 0.717) is 29.4 Å². The van der Waals surface area contributed by atoms with Gasteiger partial charge in [0.2, 0.25) is 0 Å². The minimum absolute atomic E-state index is 0.180. The highest BCUT2D eigenvalue weighted by atomic mass is 16.5. The van der Waals surface area contributed by atoms with E-state index in [9.17, 15) is 9.59 Å². The number of aryl methyl sites for hydroxylation is 1. The number of amides is 1. The Labute approximate surface area is 179 Å². The zero-order valence-electron chi connectivity index (χ0n) is 17.1. The molecular formula is C24H21N3O4. The van der Waals surface area contributed by atoms with Crippen molar-refractivity contribution in [2.75, 3.05) is 12.4 Å². The van der Waals surface area contributed by atoms with Crippen molar-refractivity contribution >= 4 is 17.6 Å². The summed E-state index contributed by atoms with van der Waals surface area (Å²) in [6.45, 7) is 2.25. The zero-order chi connectivity index (χ0) is 21.8. The second-order valence-electron chi connectivity index (χ2n) is 7.03. The molecule has 0 bridgehead atoms. The molecule has 2 aliphatic rings. The summed E-state index contributed by atoms with van der Waals surface area (Å²) in [6.07, 6.45) is 1.78. The predicted molar refractivity (Wildman–Crippen MR) is 116 cm³/mol. The number of aromatic nitrogens is 2. The smallest absolute Gasteiger partial charge is 0.356 e. The number of rotatable bonds is 6. The number of methoxy groups -OCH3 is 1. The van der Waals surface area contributed by atoms with Crippen molar-refractivity contribution in [3.05, 3.63) is 89.2 Å². The van der Waals surface area contributed by atoms with Crippen LogP contribution < -0.4 is 10.1 Å². The maximum Gasteiger partial charge on any atom is 0.356 e. The molecule has 2 aromatic rings. The van der Waals surface area contributed by atoms with Gasteiger partial charge in [-0.1, -0.05) is 24.3 Å². The molecule has 0 aliphatic carbocycles. The minimum Gasteiger partial charge on any atom is -0.488 e. The quantitative estimate of drug-likeness (QED) is 0.454. The van der Waals surface area contributed by atoms with Gasteiger partial charge < -0.3 is 19.8 Å². The average molecular weight is 415 g/mol. The summed E-state index contributed by atoms with van der Waals surface area (Å²) in [5.41, 5.74) is 4.12. The molecule has 2 aliphatic heterocycles. The van der Waals surface area contributed by atoms with Crippen LogP contribution in [0.25, 0.3) is 11.4 Å². The number of fused-ring (bicyclic) bond motifs is 1. The maximum absolute atomic E-state index is 12.4. The number of H-pyrrole nitrogens is 1. The molecule has 0 saturated carbocycles. The van der Waals surface area contributed by atoms with Crippen molar-refractivity contribution in [1.82, 2.24) is 9.97 Å². The van der Waals surface area contributed by atoms with Crippen LogP contribution in [-0.4, -0.2) is 29.0 Å². The van der Waals surface area contributed by atoms with Crippen LogP contribution in [0.15, 0.2) is 66.9 Å². The first-order valence-electron chi connectivity index (χ1n) is 9.69. The second-order valence-corrected chi connectivity index (χ2v) is 7.03. The standard InChI is InChI=1S/C24H21N3O4/c1-15-8-9-19(26-23(28)17-6-4-3-5-7-17)12-21(15)31-14-16-10-18-11-20(24(29)30-2)27-22(18)25-13-16/h3-13H,14H2,1-2H3,(H,25,27)(H,26,28). The van der Waals surface area contributed by atoms with Crippen LogP contribution in [0.1, 0.15) is 32.0 Å². The first-order valence-corrected chi connectivity index (χ1v) is 9.69. The molecule has 31 heavy (non-hydrogen) atoms. The second kappa shape index (κ2) is 8.71. The fourth-order valence-corrected chi connectivity index (χ4v) is 3.14. The Morgan fingerprint density at radius 3 is 2.65 bits per heavy atom. The van der Waals surface area contributed by atoms with Gasteiger partial charge in [-0.2, -0.15) is 0 Å². The van der Waals surface area contributed by atoms with Crippen LogP contribution in [0.2, 0.25) is 0 Å². The molecule has 1 amide bonds. The van der Waals surface area contributed by atoms with E-state index in [4.69, 9.17) is 9.47 Å². The number of benzene rings is 2. The van der Waals surface area contributed by atoms with Gasteiger partial charge in [-0.3, -0.25) is 4.79 Å². The van der Waals surface area contributed by atoms with Crippen molar-refractivity contribution in [3.8, 4) is 17.1 Å². The molecular weight excluding hydrogens is 394 g/mol. The lowest BCUT2D eigenvalue weighted by Gasteiger charge is -2.12. The predicted octanol–water partition coefficient (Wildman–Crippen LogP) is 4.44. The first-order chi connectivity index (χ1) is 15.0. The van der Waals surface area contributed by atoms with Gasteiger partial charge >= 0.3 is 5.97 Å². The number of nitrogens with one attached hydrogen (secondary N) is 2. The normalized spacial score (nSPS) is 10.6. The van der Waals surface area contributed by atoms with Crippen LogP contribution in [0.5, 0.6) is 5.75 Å². The van der Waals surface area contributed by atoms with E-state index in [1.807, 2.05) is 43.3 Å². The minimum atomic E-state index is -0.479. The molecule has 0 atom stereocenters. The fourth-order valence-electron chi connectivity index (χ4n) is 3.14. The molecule has 2 aromatic carbocycles. The third-order valence-corrected chi connectivity index (χ3v) is 4.80. The number of carbonyl (C=O) groups excluding carboxylic acids is 2. The lowest BCUT2D eigenvalue weighted by atomic mass is 10.1. The number of anilines is 1. The number of carbonyl (C=O) groups is 2. The van der Waals surface area contributed by atoms with E-state index in [2.05, 4.69) is 15.3 Å². The molecule has 4 rings (SSSR count). The fraction of sp³-hybridized carbons (Fsp3) is 0.125. The molecule has 2 heterocycles. The Balaban J connectivity index is 1.47. The Morgan fingerprint density at radius 1 is 1.06 bits per heavy atom. The zero-order valence-corrected chi connectivity index (χ0v) is 17.1. The molecule has 0 saturated heterocycles. The average Bonchev–Trinajstić information content (AvgIpc) is 3.23. The molecule has 0 aromatic heterocycles. The third-order valence-electron chi connectivity index (χ3n) is 4.80. The number of aromatic amines is 1. The van der Waals surface area contributed by atoms with E-state index in [1.165, 1.54) is 7.11 Å². The summed E-state index contributed by atoms with van der Waals surface area (Å²) in [4.78, 5) is 31.3. The van der Waals surface area contributed by atoms with Crippen molar-refractivity contribution in [2.45, 2.75) is 13.5 Å². The summed E-state index contributed by atoms with van der Waals surface area (Å²) < 4.78 is 10.7. The third kappa shape index (κ3) is 4.56.